The average molecular weight is 218 g/mol. The van der Waals surface area contributed by atoms with Gasteiger partial charge in [0.25, 0.3) is 0 Å². The summed E-state index contributed by atoms with van der Waals surface area (Å²) in [5.41, 5.74) is 1.20. The predicted octanol–water partition coefficient (Wildman–Crippen LogP) is 0.475. The highest BCUT2D eigenvalue weighted by molar-refractivity contribution is 5.37. The van der Waals surface area contributed by atoms with Gasteiger partial charge in [0.2, 0.25) is 5.95 Å². The Morgan fingerprint density at radius 3 is 3.06 bits per heavy atom. The monoisotopic (exact) mass is 218 g/mol. The molecule has 0 aromatic carbocycles. The zero-order valence-corrected chi connectivity index (χ0v) is 9.22. The fraction of sp³-hybridized carbons (Fsp3) is 0.545. The van der Waals surface area contributed by atoms with Gasteiger partial charge in [0.1, 0.15) is 11.8 Å². The molecule has 1 unspecified atom stereocenters. The van der Waals surface area contributed by atoms with Gasteiger partial charge in [-0.1, -0.05) is 0 Å². The molecule has 1 saturated heterocycles. The van der Waals surface area contributed by atoms with Crippen molar-refractivity contribution in [2.24, 2.45) is 5.92 Å². The molecule has 2 heterocycles. The normalized spacial score (nSPS) is 19.8. The van der Waals surface area contributed by atoms with Gasteiger partial charge in [0.05, 0.1) is 0 Å². The highest BCUT2D eigenvalue weighted by Gasteiger charge is 2.23. The third-order valence-electron chi connectivity index (χ3n) is 2.78. The SMILES string of the molecule is Cc1cc(C#N)nc(N2CCC(CO)C2)n1. The number of hydrogen-bond acceptors (Lipinski definition) is 5. The van der Waals surface area contributed by atoms with Gasteiger partial charge >= 0.3 is 0 Å². The number of aryl methyl sites for hydroxylation is 1. The largest absolute Gasteiger partial charge is 0.396 e. The number of nitriles is 1. The summed E-state index contributed by atoms with van der Waals surface area (Å²) in [5.74, 6) is 0.905. The van der Waals surface area contributed by atoms with E-state index in [0.717, 1.165) is 25.2 Å². The first-order valence-corrected chi connectivity index (χ1v) is 5.34. The van der Waals surface area contributed by atoms with Crippen LogP contribution in [0.3, 0.4) is 0 Å². The van der Waals surface area contributed by atoms with Crippen LogP contribution in [0.1, 0.15) is 17.8 Å². The summed E-state index contributed by atoms with van der Waals surface area (Å²) in [7, 11) is 0. The lowest BCUT2D eigenvalue weighted by Gasteiger charge is -2.16. The number of aromatic nitrogens is 2. The van der Waals surface area contributed by atoms with Crippen LogP contribution in [0.5, 0.6) is 0 Å². The highest BCUT2D eigenvalue weighted by Crippen LogP contribution is 2.20. The second-order valence-corrected chi connectivity index (χ2v) is 4.09. The molecule has 1 fully saturated rings. The van der Waals surface area contributed by atoms with Gasteiger partial charge in [0, 0.05) is 31.3 Å². The highest BCUT2D eigenvalue weighted by atomic mass is 16.3. The second kappa shape index (κ2) is 4.45. The lowest BCUT2D eigenvalue weighted by Crippen LogP contribution is -2.23. The van der Waals surface area contributed by atoms with Crippen LogP contribution in [-0.2, 0) is 0 Å². The number of nitrogens with zero attached hydrogens (tertiary/aromatic N) is 4. The van der Waals surface area contributed by atoms with E-state index >= 15 is 0 Å². The first kappa shape index (κ1) is 10.8. The molecule has 16 heavy (non-hydrogen) atoms. The first-order chi connectivity index (χ1) is 7.72. The fourth-order valence-electron chi connectivity index (χ4n) is 1.91. The summed E-state index contributed by atoms with van der Waals surface area (Å²) >= 11 is 0. The molecule has 1 N–H and O–H groups in total. The lowest BCUT2D eigenvalue weighted by molar-refractivity contribution is 0.238. The fourth-order valence-corrected chi connectivity index (χ4v) is 1.91. The van der Waals surface area contributed by atoms with Crippen molar-refractivity contribution in [2.45, 2.75) is 13.3 Å². The summed E-state index contributed by atoms with van der Waals surface area (Å²) in [6, 6.07) is 3.70. The number of aliphatic hydroxyl groups is 1. The third-order valence-corrected chi connectivity index (χ3v) is 2.78. The van der Waals surface area contributed by atoms with Gasteiger partial charge in [-0.3, -0.25) is 0 Å². The Hall–Kier alpha value is -1.67. The maximum atomic E-state index is 9.07. The number of aliphatic hydroxyl groups excluding tert-OH is 1. The van der Waals surface area contributed by atoms with Gasteiger partial charge in [-0.15, -0.1) is 0 Å². The van der Waals surface area contributed by atoms with Crippen molar-refractivity contribution >= 4 is 5.95 Å². The molecule has 0 spiro atoms. The van der Waals surface area contributed by atoms with Crippen molar-refractivity contribution in [3.05, 3.63) is 17.5 Å². The average Bonchev–Trinajstić information content (AvgIpc) is 2.76. The van der Waals surface area contributed by atoms with E-state index in [4.69, 9.17) is 10.4 Å². The standard InChI is InChI=1S/C11H14N4O/c1-8-4-10(5-12)14-11(13-8)15-3-2-9(6-15)7-16/h4,9,16H,2-3,6-7H2,1H3. The van der Waals surface area contributed by atoms with Crippen LogP contribution in [0.15, 0.2) is 6.07 Å². The third kappa shape index (κ3) is 2.12. The lowest BCUT2D eigenvalue weighted by atomic mass is 10.1. The Labute approximate surface area is 94.4 Å². The molecule has 0 amide bonds. The van der Waals surface area contributed by atoms with Gasteiger partial charge in [-0.25, -0.2) is 9.97 Å². The van der Waals surface area contributed by atoms with E-state index in [-0.39, 0.29) is 6.61 Å². The van der Waals surface area contributed by atoms with Crippen molar-refractivity contribution in [1.82, 2.24) is 9.97 Å². The Kier molecular flexibility index (Phi) is 3.02. The summed E-state index contributed by atoms with van der Waals surface area (Å²) in [5, 5.41) is 17.9. The van der Waals surface area contributed by atoms with Crippen molar-refractivity contribution in [3.8, 4) is 6.07 Å². The molecule has 84 valence electrons. The van der Waals surface area contributed by atoms with Crippen LogP contribution < -0.4 is 4.90 Å². The van der Waals surface area contributed by atoms with Gasteiger partial charge in [-0.05, 0) is 19.4 Å². The molecule has 0 bridgehead atoms. The number of rotatable bonds is 2. The van der Waals surface area contributed by atoms with Crippen molar-refractivity contribution in [1.29, 1.82) is 5.26 Å². The minimum absolute atomic E-state index is 0.202. The second-order valence-electron chi connectivity index (χ2n) is 4.09. The Bertz CT molecular complexity index is 426. The van der Waals surface area contributed by atoms with Crippen LogP contribution in [0, 0.1) is 24.2 Å². The van der Waals surface area contributed by atoms with Crippen LogP contribution in [-0.4, -0.2) is 34.8 Å². The Balaban J connectivity index is 2.21. The smallest absolute Gasteiger partial charge is 0.226 e. The molecule has 0 saturated carbocycles. The van der Waals surface area contributed by atoms with Gasteiger partial charge in [0.15, 0.2) is 0 Å². The molecule has 1 aromatic heterocycles. The molecule has 1 aromatic rings. The van der Waals surface area contributed by atoms with Crippen molar-refractivity contribution < 1.29 is 5.11 Å². The quantitative estimate of drug-likeness (QED) is 0.781. The van der Waals surface area contributed by atoms with E-state index in [1.807, 2.05) is 17.9 Å². The minimum Gasteiger partial charge on any atom is -0.396 e. The minimum atomic E-state index is 0.202. The molecule has 1 aliphatic heterocycles. The van der Waals surface area contributed by atoms with E-state index in [1.165, 1.54) is 0 Å². The molecule has 5 nitrogen and oxygen atoms in total. The van der Waals surface area contributed by atoms with Crippen molar-refractivity contribution in [2.75, 3.05) is 24.6 Å². The van der Waals surface area contributed by atoms with Crippen molar-refractivity contribution in [3.63, 3.8) is 0 Å². The van der Waals surface area contributed by atoms with Crippen LogP contribution in [0.25, 0.3) is 0 Å². The Morgan fingerprint density at radius 1 is 1.62 bits per heavy atom. The summed E-state index contributed by atoms with van der Waals surface area (Å²) in [6.45, 7) is 3.67. The molecule has 2 rings (SSSR count). The van der Waals surface area contributed by atoms with Gasteiger partial charge in [-0.2, -0.15) is 5.26 Å². The molecular weight excluding hydrogens is 204 g/mol. The summed E-state index contributed by atoms with van der Waals surface area (Å²) < 4.78 is 0. The van der Waals surface area contributed by atoms with E-state index in [1.54, 1.807) is 6.07 Å². The molecule has 1 atom stereocenters. The van der Waals surface area contributed by atoms with Crippen LogP contribution in [0.4, 0.5) is 5.95 Å². The molecule has 0 radical (unpaired) electrons. The molecule has 1 aliphatic rings. The van der Waals surface area contributed by atoms with E-state index in [0.29, 0.717) is 17.6 Å². The maximum Gasteiger partial charge on any atom is 0.226 e. The first-order valence-electron chi connectivity index (χ1n) is 5.34. The summed E-state index contributed by atoms with van der Waals surface area (Å²) in [4.78, 5) is 10.5. The Morgan fingerprint density at radius 2 is 2.44 bits per heavy atom. The zero-order valence-electron chi connectivity index (χ0n) is 9.22. The van der Waals surface area contributed by atoms with E-state index < -0.39 is 0 Å². The predicted molar refractivity (Wildman–Crippen MR) is 58.9 cm³/mol. The molecule has 0 aliphatic carbocycles. The number of anilines is 1. The number of hydrogen-bond donors (Lipinski definition) is 1. The van der Waals surface area contributed by atoms with E-state index in [2.05, 4.69) is 9.97 Å². The van der Waals surface area contributed by atoms with E-state index in [9.17, 15) is 0 Å². The maximum absolute atomic E-state index is 9.07. The van der Waals surface area contributed by atoms with Gasteiger partial charge < -0.3 is 10.0 Å². The summed E-state index contributed by atoms with van der Waals surface area (Å²) in [6.07, 6.45) is 0.954. The van der Waals surface area contributed by atoms with Crippen LogP contribution in [0.2, 0.25) is 0 Å². The molecular formula is C11H14N4O. The topological polar surface area (TPSA) is 73.0 Å². The van der Waals surface area contributed by atoms with Crippen LogP contribution >= 0.6 is 0 Å². The zero-order chi connectivity index (χ0) is 11.5. The molecule has 5 heteroatoms.